The summed E-state index contributed by atoms with van der Waals surface area (Å²) in [5.41, 5.74) is 6.42. The van der Waals surface area contributed by atoms with Gasteiger partial charge in [0.2, 0.25) is 5.91 Å². The molecule has 21 heavy (non-hydrogen) atoms. The highest BCUT2D eigenvalue weighted by Gasteiger charge is 2.25. The van der Waals surface area contributed by atoms with E-state index >= 15 is 0 Å². The van der Waals surface area contributed by atoms with Gasteiger partial charge in [0.15, 0.2) is 0 Å². The number of hydrogen-bond acceptors (Lipinski definition) is 4. The Hall–Kier alpha value is -1.62. The van der Waals surface area contributed by atoms with Crippen LogP contribution in [0.1, 0.15) is 39.0 Å². The third-order valence-electron chi connectivity index (χ3n) is 4.18. The average Bonchev–Trinajstić information content (AvgIpc) is 2.49. The Morgan fingerprint density at radius 3 is 2.81 bits per heavy atom. The summed E-state index contributed by atoms with van der Waals surface area (Å²) in [4.78, 5) is 16.5. The maximum absolute atomic E-state index is 12.3. The molecule has 1 aromatic rings. The van der Waals surface area contributed by atoms with E-state index in [1.807, 2.05) is 19.1 Å². The van der Waals surface area contributed by atoms with Gasteiger partial charge in [-0.15, -0.1) is 0 Å². The van der Waals surface area contributed by atoms with Gasteiger partial charge in [0, 0.05) is 30.4 Å². The lowest BCUT2D eigenvalue weighted by Gasteiger charge is -2.27. The summed E-state index contributed by atoms with van der Waals surface area (Å²) in [5.74, 6) is 1.77. The highest BCUT2D eigenvalue weighted by Crippen LogP contribution is 2.31. The zero-order valence-corrected chi connectivity index (χ0v) is 12.8. The van der Waals surface area contributed by atoms with Gasteiger partial charge >= 0.3 is 0 Å². The number of nitrogens with zero attached hydrogens (tertiary/aromatic N) is 1. The molecule has 0 atom stereocenters. The standard InChI is InChI=1S/C16H26N4O/c1-2-18-15-11-14(8-10-19-15)20-16(21)13-5-3-12(4-6-13)7-9-17/h8,10-13H,2-7,9,17H2,1H3,(H2,18,19,20,21). The van der Waals surface area contributed by atoms with E-state index in [4.69, 9.17) is 5.73 Å². The molecular weight excluding hydrogens is 264 g/mol. The average molecular weight is 290 g/mol. The lowest BCUT2D eigenvalue weighted by molar-refractivity contribution is -0.121. The Labute approximate surface area is 126 Å². The number of amides is 1. The minimum absolute atomic E-state index is 0.134. The number of hydrogen-bond donors (Lipinski definition) is 3. The quantitative estimate of drug-likeness (QED) is 0.752. The molecule has 0 aromatic carbocycles. The molecule has 1 heterocycles. The van der Waals surface area contributed by atoms with Gasteiger partial charge in [0.05, 0.1) is 0 Å². The summed E-state index contributed by atoms with van der Waals surface area (Å²) in [6.45, 7) is 3.59. The lowest BCUT2D eigenvalue weighted by atomic mass is 9.80. The van der Waals surface area contributed by atoms with Crippen LogP contribution in [0, 0.1) is 11.8 Å². The number of rotatable bonds is 6. The molecule has 116 valence electrons. The summed E-state index contributed by atoms with van der Waals surface area (Å²) in [6.07, 6.45) is 6.99. The van der Waals surface area contributed by atoms with Crippen molar-refractivity contribution in [2.24, 2.45) is 17.6 Å². The van der Waals surface area contributed by atoms with Crippen molar-refractivity contribution in [2.45, 2.75) is 39.0 Å². The highest BCUT2D eigenvalue weighted by molar-refractivity contribution is 5.92. The first-order chi connectivity index (χ1) is 10.2. The van der Waals surface area contributed by atoms with Crippen LogP contribution in [0.25, 0.3) is 0 Å². The molecule has 0 spiro atoms. The number of nitrogens with one attached hydrogen (secondary N) is 2. The number of aromatic nitrogens is 1. The van der Waals surface area contributed by atoms with E-state index in [9.17, 15) is 4.79 Å². The number of anilines is 2. The van der Waals surface area contributed by atoms with Crippen molar-refractivity contribution in [3.8, 4) is 0 Å². The van der Waals surface area contributed by atoms with Crippen molar-refractivity contribution in [1.82, 2.24) is 4.98 Å². The van der Waals surface area contributed by atoms with Crippen LogP contribution in [-0.2, 0) is 4.79 Å². The van der Waals surface area contributed by atoms with E-state index in [0.717, 1.165) is 56.7 Å². The van der Waals surface area contributed by atoms with Crippen molar-refractivity contribution in [2.75, 3.05) is 23.7 Å². The summed E-state index contributed by atoms with van der Waals surface area (Å²) >= 11 is 0. The molecule has 1 amide bonds. The van der Waals surface area contributed by atoms with Crippen molar-refractivity contribution in [3.05, 3.63) is 18.3 Å². The molecule has 0 radical (unpaired) electrons. The molecule has 1 fully saturated rings. The summed E-state index contributed by atoms with van der Waals surface area (Å²) in [5, 5.41) is 6.16. The first kappa shape index (κ1) is 15.8. The van der Waals surface area contributed by atoms with Crippen molar-refractivity contribution in [1.29, 1.82) is 0 Å². The van der Waals surface area contributed by atoms with Crippen LogP contribution in [0.3, 0.4) is 0 Å². The van der Waals surface area contributed by atoms with Gasteiger partial charge in [-0.3, -0.25) is 4.79 Å². The second kappa shape index (κ2) is 7.98. The molecule has 0 saturated heterocycles. The Bertz CT molecular complexity index is 455. The lowest BCUT2D eigenvalue weighted by Crippen LogP contribution is -2.27. The van der Waals surface area contributed by atoms with E-state index in [-0.39, 0.29) is 11.8 Å². The Kier molecular flexibility index (Phi) is 5.99. The highest BCUT2D eigenvalue weighted by atomic mass is 16.1. The van der Waals surface area contributed by atoms with Gasteiger partial charge in [-0.2, -0.15) is 0 Å². The van der Waals surface area contributed by atoms with Crippen molar-refractivity contribution in [3.63, 3.8) is 0 Å². The maximum atomic E-state index is 12.3. The number of nitrogens with two attached hydrogens (primary N) is 1. The molecule has 5 heteroatoms. The molecule has 0 bridgehead atoms. The Morgan fingerprint density at radius 1 is 1.38 bits per heavy atom. The molecule has 1 aromatic heterocycles. The van der Waals surface area contributed by atoms with Gasteiger partial charge < -0.3 is 16.4 Å². The van der Waals surface area contributed by atoms with Crippen molar-refractivity contribution < 1.29 is 4.79 Å². The molecule has 4 N–H and O–H groups in total. The second-order valence-corrected chi connectivity index (χ2v) is 5.74. The molecule has 1 saturated carbocycles. The van der Waals surface area contributed by atoms with Crippen LogP contribution in [0.5, 0.6) is 0 Å². The predicted molar refractivity (Wildman–Crippen MR) is 86.1 cm³/mol. The van der Waals surface area contributed by atoms with E-state index < -0.39 is 0 Å². The second-order valence-electron chi connectivity index (χ2n) is 5.74. The third-order valence-corrected chi connectivity index (χ3v) is 4.18. The minimum atomic E-state index is 0.134. The molecule has 0 unspecified atom stereocenters. The summed E-state index contributed by atoms with van der Waals surface area (Å²) in [6, 6.07) is 3.71. The Balaban J connectivity index is 1.86. The largest absolute Gasteiger partial charge is 0.370 e. The van der Waals surface area contributed by atoms with Crippen molar-refractivity contribution >= 4 is 17.4 Å². The van der Waals surface area contributed by atoms with Crippen LogP contribution in [-0.4, -0.2) is 24.0 Å². The Morgan fingerprint density at radius 2 is 2.14 bits per heavy atom. The first-order valence-corrected chi connectivity index (χ1v) is 7.93. The monoisotopic (exact) mass is 290 g/mol. The molecule has 2 rings (SSSR count). The SMILES string of the molecule is CCNc1cc(NC(=O)C2CCC(CCN)CC2)ccn1. The van der Waals surface area contributed by atoms with Gasteiger partial charge in [0.25, 0.3) is 0 Å². The fourth-order valence-corrected chi connectivity index (χ4v) is 2.98. The van der Waals surface area contributed by atoms with Crippen LogP contribution < -0.4 is 16.4 Å². The molecule has 1 aliphatic rings. The van der Waals surface area contributed by atoms with Gasteiger partial charge in [0.1, 0.15) is 5.82 Å². The fourth-order valence-electron chi connectivity index (χ4n) is 2.98. The van der Waals surface area contributed by atoms with E-state index in [2.05, 4.69) is 15.6 Å². The topological polar surface area (TPSA) is 80.0 Å². The zero-order valence-electron chi connectivity index (χ0n) is 12.8. The molecule has 1 aliphatic carbocycles. The minimum Gasteiger partial charge on any atom is -0.370 e. The van der Waals surface area contributed by atoms with Gasteiger partial charge in [-0.25, -0.2) is 4.98 Å². The summed E-state index contributed by atoms with van der Waals surface area (Å²) < 4.78 is 0. The first-order valence-electron chi connectivity index (χ1n) is 7.93. The smallest absolute Gasteiger partial charge is 0.227 e. The predicted octanol–water partition coefficient (Wildman–Crippen LogP) is 2.61. The van der Waals surface area contributed by atoms with Crippen LogP contribution in [0.15, 0.2) is 18.3 Å². The van der Waals surface area contributed by atoms with Gasteiger partial charge in [-0.1, -0.05) is 0 Å². The van der Waals surface area contributed by atoms with Crippen LogP contribution in [0.4, 0.5) is 11.5 Å². The third kappa shape index (κ3) is 4.70. The molecule has 5 nitrogen and oxygen atoms in total. The van der Waals surface area contributed by atoms with Crippen LogP contribution in [0.2, 0.25) is 0 Å². The fraction of sp³-hybridized carbons (Fsp3) is 0.625. The normalized spacial score (nSPS) is 21.8. The van der Waals surface area contributed by atoms with E-state index in [1.165, 1.54) is 0 Å². The summed E-state index contributed by atoms with van der Waals surface area (Å²) in [7, 11) is 0. The number of carbonyl (C=O) groups is 1. The number of pyridine rings is 1. The van der Waals surface area contributed by atoms with Crippen LogP contribution >= 0.6 is 0 Å². The molecular formula is C16H26N4O. The maximum Gasteiger partial charge on any atom is 0.227 e. The zero-order chi connectivity index (χ0) is 15.1. The van der Waals surface area contributed by atoms with E-state index in [1.54, 1.807) is 6.20 Å². The van der Waals surface area contributed by atoms with E-state index in [0.29, 0.717) is 5.92 Å². The van der Waals surface area contributed by atoms with Gasteiger partial charge in [-0.05, 0) is 57.6 Å². The number of carbonyl (C=O) groups excluding carboxylic acids is 1. The molecule has 0 aliphatic heterocycles.